The molecule has 1 heterocycles. The number of fused-ring (bicyclic) bond motifs is 1. The van der Waals surface area contributed by atoms with Crippen LogP contribution in [0.3, 0.4) is 0 Å². The van der Waals surface area contributed by atoms with E-state index in [1.165, 1.54) is 6.92 Å². The summed E-state index contributed by atoms with van der Waals surface area (Å²) in [4.78, 5) is 21.8. The third-order valence-corrected chi connectivity index (χ3v) is 2.40. The number of Topliss-reactive ketones (excluding diaryl/α,β-unsaturated/α-hetero) is 1. The molecule has 0 aliphatic carbocycles. The van der Waals surface area contributed by atoms with Crippen LogP contribution in [-0.4, -0.2) is 29.6 Å². The number of aliphatic carboxylic acids is 1. The van der Waals surface area contributed by atoms with Crippen LogP contribution in [0.5, 0.6) is 11.5 Å². The second kappa shape index (κ2) is 4.45. The van der Waals surface area contributed by atoms with Crippen LogP contribution in [-0.2, 0) is 16.0 Å². The molecule has 1 aliphatic rings. The van der Waals surface area contributed by atoms with Gasteiger partial charge in [-0.15, -0.1) is 0 Å². The predicted octanol–water partition coefficient (Wildman–Crippen LogP) is 1.04. The minimum atomic E-state index is -1.06. The number of carbonyl (C=O) groups is 2. The van der Waals surface area contributed by atoms with Gasteiger partial charge in [-0.05, 0) is 24.6 Å². The van der Waals surface area contributed by atoms with Gasteiger partial charge in [-0.2, -0.15) is 0 Å². The Kier molecular flexibility index (Phi) is 2.99. The summed E-state index contributed by atoms with van der Waals surface area (Å²) < 4.78 is 10.5. The molecule has 1 aliphatic heterocycles. The molecule has 0 fully saturated rings. The molecule has 0 bridgehead atoms. The Hall–Kier alpha value is -2.04. The Balaban J connectivity index is 2.22. The normalized spacial score (nSPS) is 17.6. The molecule has 1 aromatic rings. The van der Waals surface area contributed by atoms with Crippen LogP contribution < -0.4 is 9.47 Å². The van der Waals surface area contributed by atoms with Gasteiger partial charge in [0.05, 0.1) is 0 Å². The highest BCUT2D eigenvalue weighted by molar-refractivity contribution is 5.78. The molecule has 1 atom stereocenters. The Bertz CT molecular complexity index is 466. The fraction of sp³-hybridized carbons (Fsp3) is 0.333. The summed E-state index contributed by atoms with van der Waals surface area (Å²) in [6.45, 7) is 1.49. The van der Waals surface area contributed by atoms with Crippen LogP contribution in [0.15, 0.2) is 18.2 Å². The average Bonchev–Trinajstić information content (AvgIpc) is 2.27. The smallest absolute Gasteiger partial charge is 0.348 e. The van der Waals surface area contributed by atoms with Gasteiger partial charge < -0.3 is 14.6 Å². The second-order valence-electron chi connectivity index (χ2n) is 3.92. The molecule has 0 radical (unpaired) electrons. The Morgan fingerprint density at radius 3 is 2.82 bits per heavy atom. The molecule has 2 rings (SSSR count). The highest BCUT2D eigenvalue weighted by atomic mass is 16.6. The van der Waals surface area contributed by atoms with Crippen LogP contribution >= 0.6 is 0 Å². The molecule has 1 unspecified atom stereocenters. The first-order chi connectivity index (χ1) is 8.06. The molecule has 1 N–H and O–H groups in total. The van der Waals surface area contributed by atoms with Gasteiger partial charge in [-0.25, -0.2) is 4.79 Å². The molecule has 1 aromatic carbocycles. The SMILES string of the molecule is CC(=O)Cc1ccc2c(c1)OC(C(=O)O)CO2. The summed E-state index contributed by atoms with van der Waals surface area (Å²) in [6, 6.07) is 5.10. The molecular weight excluding hydrogens is 224 g/mol. The molecule has 0 aromatic heterocycles. The first-order valence-electron chi connectivity index (χ1n) is 5.21. The largest absolute Gasteiger partial charge is 0.485 e. The summed E-state index contributed by atoms with van der Waals surface area (Å²) in [6.07, 6.45) is -0.691. The highest BCUT2D eigenvalue weighted by Crippen LogP contribution is 2.32. The van der Waals surface area contributed by atoms with Crippen LogP contribution in [0.1, 0.15) is 12.5 Å². The lowest BCUT2D eigenvalue weighted by atomic mass is 10.1. The Morgan fingerprint density at radius 1 is 1.41 bits per heavy atom. The summed E-state index contributed by atoms with van der Waals surface area (Å²) in [7, 11) is 0. The minimum absolute atomic E-state index is 0.00557. The number of ketones is 1. The van der Waals surface area contributed by atoms with Gasteiger partial charge in [-0.1, -0.05) is 6.07 Å². The minimum Gasteiger partial charge on any atom is -0.485 e. The van der Waals surface area contributed by atoms with Crippen molar-refractivity contribution in [3.63, 3.8) is 0 Å². The molecule has 17 heavy (non-hydrogen) atoms. The average molecular weight is 236 g/mol. The van der Waals surface area contributed by atoms with Crippen molar-refractivity contribution >= 4 is 11.8 Å². The Morgan fingerprint density at radius 2 is 2.18 bits per heavy atom. The monoisotopic (exact) mass is 236 g/mol. The van der Waals surface area contributed by atoms with Crippen molar-refractivity contribution in [1.82, 2.24) is 0 Å². The van der Waals surface area contributed by atoms with Crippen molar-refractivity contribution in [2.75, 3.05) is 6.61 Å². The third-order valence-electron chi connectivity index (χ3n) is 2.40. The topological polar surface area (TPSA) is 72.8 Å². The molecule has 90 valence electrons. The van der Waals surface area contributed by atoms with Crippen LogP contribution in [0.2, 0.25) is 0 Å². The van der Waals surface area contributed by atoms with Crippen molar-refractivity contribution in [2.45, 2.75) is 19.4 Å². The second-order valence-corrected chi connectivity index (χ2v) is 3.92. The lowest BCUT2D eigenvalue weighted by Crippen LogP contribution is -2.36. The fourth-order valence-electron chi connectivity index (χ4n) is 1.64. The first-order valence-corrected chi connectivity index (χ1v) is 5.21. The van der Waals surface area contributed by atoms with Crippen molar-refractivity contribution in [2.24, 2.45) is 0 Å². The number of carbonyl (C=O) groups excluding carboxylic acids is 1. The molecule has 5 heteroatoms. The lowest BCUT2D eigenvalue weighted by Gasteiger charge is -2.24. The number of carboxylic acid groups (broad SMARTS) is 1. The zero-order valence-electron chi connectivity index (χ0n) is 9.30. The number of benzene rings is 1. The number of rotatable bonds is 3. The Labute approximate surface area is 98.0 Å². The van der Waals surface area contributed by atoms with Gasteiger partial charge in [0.15, 0.2) is 11.5 Å². The lowest BCUT2D eigenvalue weighted by molar-refractivity contribution is -0.147. The zero-order valence-corrected chi connectivity index (χ0v) is 9.30. The first kappa shape index (κ1) is 11.4. The number of carboxylic acids is 1. The van der Waals surface area contributed by atoms with E-state index in [0.717, 1.165) is 5.56 Å². The van der Waals surface area contributed by atoms with E-state index < -0.39 is 12.1 Å². The van der Waals surface area contributed by atoms with Crippen molar-refractivity contribution in [3.8, 4) is 11.5 Å². The third kappa shape index (κ3) is 2.55. The van der Waals surface area contributed by atoms with E-state index in [0.29, 0.717) is 17.9 Å². The molecular formula is C12H12O5. The molecule has 0 saturated carbocycles. The van der Waals surface area contributed by atoms with Gasteiger partial charge >= 0.3 is 5.97 Å². The summed E-state index contributed by atoms with van der Waals surface area (Å²) in [5, 5.41) is 8.82. The van der Waals surface area contributed by atoms with E-state index in [1.54, 1.807) is 18.2 Å². The number of hydrogen-bond donors (Lipinski definition) is 1. The maximum atomic E-state index is 11.0. The highest BCUT2D eigenvalue weighted by Gasteiger charge is 2.27. The molecule has 0 amide bonds. The van der Waals surface area contributed by atoms with E-state index in [4.69, 9.17) is 14.6 Å². The van der Waals surface area contributed by atoms with Crippen molar-refractivity contribution in [3.05, 3.63) is 23.8 Å². The van der Waals surface area contributed by atoms with Gasteiger partial charge in [0.25, 0.3) is 0 Å². The summed E-state index contributed by atoms with van der Waals surface area (Å²) in [5.41, 5.74) is 0.783. The summed E-state index contributed by atoms with van der Waals surface area (Å²) >= 11 is 0. The molecule has 5 nitrogen and oxygen atoms in total. The van der Waals surface area contributed by atoms with Crippen molar-refractivity contribution < 1.29 is 24.2 Å². The van der Waals surface area contributed by atoms with E-state index in [1.807, 2.05) is 0 Å². The zero-order chi connectivity index (χ0) is 12.4. The van der Waals surface area contributed by atoms with Crippen LogP contribution in [0.25, 0.3) is 0 Å². The molecule has 0 saturated heterocycles. The van der Waals surface area contributed by atoms with Gasteiger partial charge in [0.2, 0.25) is 6.10 Å². The van der Waals surface area contributed by atoms with Gasteiger partial charge in [-0.3, -0.25) is 4.79 Å². The number of hydrogen-bond acceptors (Lipinski definition) is 4. The quantitative estimate of drug-likeness (QED) is 0.848. The van der Waals surface area contributed by atoms with E-state index in [9.17, 15) is 9.59 Å². The maximum Gasteiger partial charge on any atom is 0.348 e. The van der Waals surface area contributed by atoms with Crippen molar-refractivity contribution in [1.29, 1.82) is 0 Å². The standard InChI is InChI=1S/C12H12O5/c1-7(13)4-8-2-3-9-10(5-8)17-11(6-16-9)12(14)15/h2-3,5,11H,4,6H2,1H3,(H,14,15). The number of ether oxygens (including phenoxy) is 2. The predicted molar refractivity (Wildman–Crippen MR) is 58.4 cm³/mol. The summed E-state index contributed by atoms with van der Waals surface area (Å²) in [5.74, 6) is -0.138. The van der Waals surface area contributed by atoms with E-state index >= 15 is 0 Å². The van der Waals surface area contributed by atoms with Gasteiger partial charge in [0, 0.05) is 6.42 Å². The maximum absolute atomic E-state index is 11.0. The van der Waals surface area contributed by atoms with Crippen LogP contribution in [0.4, 0.5) is 0 Å². The van der Waals surface area contributed by atoms with E-state index in [2.05, 4.69) is 0 Å². The fourth-order valence-corrected chi connectivity index (χ4v) is 1.64. The van der Waals surface area contributed by atoms with Crippen LogP contribution in [0, 0.1) is 0 Å². The van der Waals surface area contributed by atoms with Gasteiger partial charge in [0.1, 0.15) is 12.4 Å². The van der Waals surface area contributed by atoms with E-state index in [-0.39, 0.29) is 12.4 Å². The molecule has 0 spiro atoms.